The van der Waals surface area contributed by atoms with Gasteiger partial charge >= 0.3 is 5.97 Å². The molecule has 0 aliphatic carbocycles. The van der Waals surface area contributed by atoms with Crippen LogP contribution >= 0.6 is 0 Å². The summed E-state index contributed by atoms with van der Waals surface area (Å²) in [6.07, 6.45) is -0.369. The Morgan fingerprint density at radius 2 is 2.10 bits per heavy atom. The number of hydroxylamine groups is 2. The number of carbonyl (C=O) groups excluding carboxylic acids is 1. The zero-order chi connectivity index (χ0) is 14.3. The molecule has 2 aliphatic rings. The second-order valence-electron chi connectivity index (χ2n) is 5.73. The zero-order valence-electron chi connectivity index (χ0n) is 11.6. The highest BCUT2D eigenvalue weighted by molar-refractivity contribution is 5.75. The molecule has 5 heteroatoms. The van der Waals surface area contributed by atoms with Crippen molar-refractivity contribution in [2.75, 3.05) is 6.61 Å². The van der Waals surface area contributed by atoms with E-state index in [9.17, 15) is 9.18 Å². The van der Waals surface area contributed by atoms with Crippen molar-refractivity contribution < 1.29 is 18.8 Å². The van der Waals surface area contributed by atoms with Gasteiger partial charge in [0, 0.05) is 6.54 Å². The number of fused-ring (bicyclic) bond motifs is 1. The Hall–Kier alpha value is -1.46. The third-order valence-electron chi connectivity index (χ3n) is 4.02. The van der Waals surface area contributed by atoms with Gasteiger partial charge in [0.05, 0.1) is 12.1 Å². The first kappa shape index (κ1) is 13.5. The Bertz CT molecular complexity index is 505. The van der Waals surface area contributed by atoms with Gasteiger partial charge in [-0.2, -0.15) is 5.06 Å². The van der Waals surface area contributed by atoms with Gasteiger partial charge in [0.25, 0.3) is 0 Å². The van der Waals surface area contributed by atoms with Gasteiger partial charge in [-0.3, -0.25) is 9.63 Å². The first-order valence-electron chi connectivity index (χ1n) is 6.82. The van der Waals surface area contributed by atoms with Crippen molar-refractivity contribution in [2.45, 2.75) is 38.2 Å². The van der Waals surface area contributed by atoms with Crippen LogP contribution in [-0.4, -0.2) is 35.5 Å². The lowest BCUT2D eigenvalue weighted by molar-refractivity contribution is -0.195. The number of nitrogens with zero attached hydrogens (tertiary/aromatic N) is 1. The molecule has 0 unspecified atom stereocenters. The highest BCUT2D eigenvalue weighted by Gasteiger charge is 2.58. The van der Waals surface area contributed by atoms with E-state index in [-0.39, 0.29) is 18.7 Å². The molecule has 1 aromatic rings. The van der Waals surface area contributed by atoms with Gasteiger partial charge in [-0.15, -0.1) is 0 Å². The van der Waals surface area contributed by atoms with Gasteiger partial charge < -0.3 is 4.74 Å². The van der Waals surface area contributed by atoms with Crippen LogP contribution in [0.2, 0.25) is 0 Å². The summed E-state index contributed by atoms with van der Waals surface area (Å²) in [4.78, 5) is 17.6. The molecule has 0 bridgehead atoms. The largest absolute Gasteiger partial charge is 0.462 e. The van der Waals surface area contributed by atoms with Gasteiger partial charge in [0.1, 0.15) is 12.5 Å². The van der Waals surface area contributed by atoms with E-state index in [1.807, 2.05) is 30.3 Å². The maximum atomic E-state index is 14.7. The summed E-state index contributed by atoms with van der Waals surface area (Å²) in [5.41, 5.74) is -0.576. The van der Waals surface area contributed by atoms with E-state index in [1.54, 1.807) is 12.0 Å². The second kappa shape index (κ2) is 4.82. The van der Waals surface area contributed by atoms with Crippen LogP contribution in [0.4, 0.5) is 4.39 Å². The fourth-order valence-electron chi connectivity index (χ4n) is 3.07. The summed E-state index contributed by atoms with van der Waals surface area (Å²) in [5, 5.41) is 1.60. The molecule has 2 aliphatic heterocycles. The summed E-state index contributed by atoms with van der Waals surface area (Å²) in [5.74, 6) is -0.935. The van der Waals surface area contributed by atoms with Crippen molar-refractivity contribution in [1.29, 1.82) is 0 Å². The first-order valence-corrected chi connectivity index (χ1v) is 6.82. The Labute approximate surface area is 117 Å². The lowest BCUT2D eigenvalue weighted by atomic mass is 9.83. The van der Waals surface area contributed by atoms with E-state index < -0.39 is 17.6 Å². The SMILES string of the molecule is C[C@H]1ON(Cc2ccccc2)[C@H]2[C@@H]1C(=O)OC[C@@]2(C)F. The minimum absolute atomic E-state index is 0.214. The number of esters is 1. The van der Waals surface area contributed by atoms with E-state index in [0.717, 1.165) is 5.56 Å². The fraction of sp³-hybridized carbons (Fsp3) is 0.533. The average Bonchev–Trinajstić information content (AvgIpc) is 2.74. The number of rotatable bonds is 2. The minimum atomic E-state index is -1.60. The third-order valence-corrected chi connectivity index (χ3v) is 4.02. The molecule has 0 amide bonds. The normalized spacial score (nSPS) is 37.5. The molecule has 4 atom stereocenters. The van der Waals surface area contributed by atoms with E-state index in [1.165, 1.54) is 6.92 Å². The van der Waals surface area contributed by atoms with Crippen LogP contribution in [0.15, 0.2) is 30.3 Å². The van der Waals surface area contributed by atoms with Crippen molar-refractivity contribution in [3.05, 3.63) is 35.9 Å². The smallest absolute Gasteiger partial charge is 0.313 e. The standard InChI is InChI=1S/C15H18FNO3/c1-10-12-13(15(2,16)9-19-14(12)18)17(20-10)8-11-6-4-3-5-7-11/h3-7,10,12-13H,8-9H2,1-2H3/t10-,12-,13+,15-/m1/s1. The van der Waals surface area contributed by atoms with E-state index in [4.69, 9.17) is 9.57 Å². The van der Waals surface area contributed by atoms with E-state index in [0.29, 0.717) is 6.54 Å². The minimum Gasteiger partial charge on any atom is -0.462 e. The third kappa shape index (κ3) is 2.21. The zero-order valence-corrected chi connectivity index (χ0v) is 11.6. The van der Waals surface area contributed by atoms with Crippen molar-refractivity contribution in [3.63, 3.8) is 0 Å². The van der Waals surface area contributed by atoms with Crippen LogP contribution in [0, 0.1) is 5.92 Å². The van der Waals surface area contributed by atoms with Gasteiger partial charge in [0.15, 0.2) is 5.67 Å². The van der Waals surface area contributed by atoms with Crippen LogP contribution in [-0.2, 0) is 20.9 Å². The molecule has 2 fully saturated rings. The van der Waals surface area contributed by atoms with Crippen LogP contribution < -0.4 is 0 Å². The molecule has 0 spiro atoms. The Morgan fingerprint density at radius 3 is 2.80 bits per heavy atom. The van der Waals surface area contributed by atoms with Crippen molar-refractivity contribution in [1.82, 2.24) is 5.06 Å². The average molecular weight is 279 g/mol. The van der Waals surface area contributed by atoms with Crippen LogP contribution in [0.3, 0.4) is 0 Å². The number of alkyl halides is 1. The molecular weight excluding hydrogens is 261 g/mol. The Morgan fingerprint density at radius 1 is 1.40 bits per heavy atom. The number of halogens is 1. The Kier molecular flexibility index (Phi) is 3.26. The molecule has 2 saturated heterocycles. The quantitative estimate of drug-likeness (QED) is 0.777. The number of cyclic esters (lactones) is 1. The van der Waals surface area contributed by atoms with Crippen molar-refractivity contribution in [3.8, 4) is 0 Å². The van der Waals surface area contributed by atoms with Crippen molar-refractivity contribution in [2.24, 2.45) is 5.92 Å². The number of ether oxygens (including phenoxy) is 1. The lowest BCUT2D eigenvalue weighted by Gasteiger charge is -2.38. The molecule has 20 heavy (non-hydrogen) atoms. The number of hydrogen-bond donors (Lipinski definition) is 0. The molecule has 3 rings (SSSR count). The maximum Gasteiger partial charge on any atom is 0.313 e. The fourth-order valence-corrected chi connectivity index (χ4v) is 3.07. The van der Waals surface area contributed by atoms with Crippen LogP contribution in [0.5, 0.6) is 0 Å². The van der Waals surface area contributed by atoms with Gasteiger partial charge in [0.2, 0.25) is 0 Å². The topological polar surface area (TPSA) is 38.8 Å². The number of benzene rings is 1. The van der Waals surface area contributed by atoms with Crippen LogP contribution in [0.25, 0.3) is 0 Å². The number of hydrogen-bond acceptors (Lipinski definition) is 4. The number of carbonyl (C=O) groups is 1. The Balaban J connectivity index is 1.87. The van der Waals surface area contributed by atoms with Crippen LogP contribution in [0.1, 0.15) is 19.4 Å². The highest BCUT2D eigenvalue weighted by atomic mass is 19.1. The molecule has 0 aromatic heterocycles. The van der Waals surface area contributed by atoms with E-state index >= 15 is 0 Å². The predicted molar refractivity (Wildman–Crippen MR) is 70.3 cm³/mol. The van der Waals surface area contributed by atoms with Gasteiger partial charge in [-0.1, -0.05) is 30.3 Å². The molecule has 1 aromatic carbocycles. The second-order valence-corrected chi connectivity index (χ2v) is 5.73. The summed E-state index contributed by atoms with van der Waals surface area (Å²) in [6.45, 7) is 3.50. The molecule has 4 nitrogen and oxygen atoms in total. The van der Waals surface area contributed by atoms with Gasteiger partial charge in [-0.05, 0) is 19.4 Å². The van der Waals surface area contributed by atoms with E-state index in [2.05, 4.69) is 0 Å². The van der Waals surface area contributed by atoms with Gasteiger partial charge in [-0.25, -0.2) is 4.39 Å². The summed E-state index contributed by atoms with van der Waals surface area (Å²) in [6, 6.07) is 9.10. The summed E-state index contributed by atoms with van der Waals surface area (Å²) >= 11 is 0. The molecule has 2 heterocycles. The van der Waals surface area contributed by atoms with Crippen molar-refractivity contribution >= 4 is 5.97 Å². The first-order chi connectivity index (χ1) is 9.49. The lowest BCUT2D eigenvalue weighted by Crippen LogP contribution is -2.56. The molecule has 0 N–H and O–H groups in total. The monoisotopic (exact) mass is 279 g/mol. The molecular formula is C15H18FNO3. The highest BCUT2D eigenvalue weighted by Crippen LogP contribution is 2.41. The molecule has 0 radical (unpaired) electrons. The molecule has 108 valence electrons. The predicted octanol–water partition coefficient (Wildman–Crippen LogP) is 2.09. The summed E-state index contributed by atoms with van der Waals surface area (Å²) < 4.78 is 19.7. The maximum absolute atomic E-state index is 14.7. The molecule has 0 saturated carbocycles. The summed E-state index contributed by atoms with van der Waals surface area (Å²) in [7, 11) is 0.